The Morgan fingerprint density at radius 1 is 1.32 bits per heavy atom. The van der Waals surface area contributed by atoms with Crippen LogP contribution in [-0.4, -0.2) is 46.3 Å². The smallest absolute Gasteiger partial charge is 0.251 e. The summed E-state index contributed by atoms with van der Waals surface area (Å²) in [4.78, 5) is 33.3. The van der Waals surface area contributed by atoms with E-state index in [0.29, 0.717) is 18.5 Å². The van der Waals surface area contributed by atoms with E-state index in [9.17, 15) is 9.59 Å². The first-order chi connectivity index (χ1) is 10.6. The Labute approximate surface area is 128 Å². The molecule has 0 bridgehead atoms. The average Bonchev–Trinajstić information content (AvgIpc) is 3.14. The summed E-state index contributed by atoms with van der Waals surface area (Å²) in [6.45, 7) is 3.95. The molecule has 1 aromatic carbocycles. The predicted octanol–water partition coefficient (Wildman–Crippen LogP) is 1.61. The van der Waals surface area contributed by atoms with Crippen LogP contribution in [0, 0.1) is 6.92 Å². The molecule has 1 aliphatic rings. The molecule has 1 saturated heterocycles. The van der Waals surface area contributed by atoms with Crippen LogP contribution in [0.15, 0.2) is 18.2 Å². The van der Waals surface area contributed by atoms with Gasteiger partial charge in [0.15, 0.2) is 0 Å². The summed E-state index contributed by atoms with van der Waals surface area (Å²) in [5, 5.41) is 2.80. The van der Waals surface area contributed by atoms with Crippen molar-refractivity contribution < 1.29 is 9.59 Å². The van der Waals surface area contributed by atoms with Gasteiger partial charge in [0, 0.05) is 31.6 Å². The largest absolute Gasteiger partial charge is 0.352 e. The minimum absolute atomic E-state index is 0.123. The topological polar surface area (TPSA) is 78.1 Å². The van der Waals surface area contributed by atoms with E-state index in [1.54, 1.807) is 12.1 Å². The van der Waals surface area contributed by atoms with Crippen LogP contribution in [0.1, 0.15) is 35.4 Å². The molecule has 0 unspecified atom stereocenters. The number of carbonyl (C=O) groups is 2. The monoisotopic (exact) mass is 300 g/mol. The van der Waals surface area contributed by atoms with E-state index < -0.39 is 0 Å². The maximum absolute atomic E-state index is 12.1. The lowest BCUT2D eigenvalue weighted by Gasteiger charge is -2.15. The molecule has 22 heavy (non-hydrogen) atoms. The number of imidazole rings is 1. The van der Waals surface area contributed by atoms with Crippen molar-refractivity contribution >= 4 is 22.8 Å². The van der Waals surface area contributed by atoms with Gasteiger partial charge in [0.1, 0.15) is 5.82 Å². The fourth-order valence-electron chi connectivity index (χ4n) is 2.79. The molecule has 0 radical (unpaired) electrons. The van der Waals surface area contributed by atoms with Gasteiger partial charge in [-0.1, -0.05) is 0 Å². The third-order valence-corrected chi connectivity index (χ3v) is 3.95. The Bertz CT molecular complexity index is 701. The van der Waals surface area contributed by atoms with Crippen LogP contribution in [0.2, 0.25) is 0 Å². The zero-order valence-electron chi connectivity index (χ0n) is 12.7. The van der Waals surface area contributed by atoms with E-state index in [-0.39, 0.29) is 11.8 Å². The molecule has 2 heterocycles. The van der Waals surface area contributed by atoms with E-state index in [0.717, 1.165) is 42.8 Å². The summed E-state index contributed by atoms with van der Waals surface area (Å²) in [5.41, 5.74) is 2.27. The van der Waals surface area contributed by atoms with Gasteiger partial charge < -0.3 is 15.2 Å². The Hall–Kier alpha value is -2.37. The minimum atomic E-state index is -0.164. The highest BCUT2D eigenvalue weighted by Gasteiger charge is 2.17. The third kappa shape index (κ3) is 3.10. The van der Waals surface area contributed by atoms with Crippen LogP contribution in [0.5, 0.6) is 0 Å². The molecule has 0 saturated carbocycles. The number of aromatic amines is 1. The van der Waals surface area contributed by atoms with Crippen molar-refractivity contribution in [2.45, 2.75) is 26.2 Å². The van der Waals surface area contributed by atoms with Crippen LogP contribution < -0.4 is 5.32 Å². The van der Waals surface area contributed by atoms with Crippen molar-refractivity contribution in [3.63, 3.8) is 0 Å². The number of likely N-dealkylation sites (tertiary alicyclic amines) is 1. The molecule has 1 aromatic heterocycles. The number of hydrogen-bond donors (Lipinski definition) is 2. The fraction of sp³-hybridized carbons (Fsp3) is 0.438. The molecule has 0 atom stereocenters. The molecule has 116 valence electrons. The van der Waals surface area contributed by atoms with E-state index >= 15 is 0 Å². The Morgan fingerprint density at radius 2 is 2.09 bits per heavy atom. The van der Waals surface area contributed by atoms with Gasteiger partial charge >= 0.3 is 0 Å². The number of aryl methyl sites for hydroxylation is 1. The molecule has 2 N–H and O–H groups in total. The fourth-order valence-corrected chi connectivity index (χ4v) is 2.79. The van der Waals surface area contributed by atoms with Crippen molar-refractivity contribution in [2.24, 2.45) is 0 Å². The van der Waals surface area contributed by atoms with Crippen molar-refractivity contribution in [1.29, 1.82) is 0 Å². The van der Waals surface area contributed by atoms with Crippen LogP contribution in [-0.2, 0) is 4.79 Å². The number of benzene rings is 1. The van der Waals surface area contributed by atoms with E-state index in [2.05, 4.69) is 15.3 Å². The number of carbonyl (C=O) groups excluding carboxylic acids is 2. The highest BCUT2D eigenvalue weighted by molar-refractivity contribution is 5.97. The second-order valence-electron chi connectivity index (χ2n) is 5.65. The maximum atomic E-state index is 12.1. The number of fused-ring (bicyclic) bond motifs is 1. The highest BCUT2D eigenvalue weighted by Crippen LogP contribution is 2.13. The molecular formula is C16H20N4O2. The van der Waals surface area contributed by atoms with Gasteiger partial charge in [-0.25, -0.2) is 4.98 Å². The standard InChI is InChI=1S/C16H20N4O2/c1-11-18-13-5-4-12(10-14(13)19-11)16(22)17-7-6-15(21)20-8-2-3-9-20/h4-5,10H,2-3,6-9H2,1H3,(H,17,22)(H,18,19). The first-order valence-electron chi connectivity index (χ1n) is 7.66. The first kappa shape index (κ1) is 14.6. The zero-order chi connectivity index (χ0) is 15.5. The summed E-state index contributed by atoms with van der Waals surface area (Å²) in [5.74, 6) is 0.782. The Morgan fingerprint density at radius 3 is 2.86 bits per heavy atom. The predicted molar refractivity (Wildman–Crippen MR) is 83.6 cm³/mol. The number of H-pyrrole nitrogens is 1. The second-order valence-corrected chi connectivity index (χ2v) is 5.65. The van der Waals surface area contributed by atoms with Gasteiger partial charge in [0.25, 0.3) is 5.91 Å². The number of hydrogen-bond acceptors (Lipinski definition) is 3. The normalized spacial score (nSPS) is 14.5. The van der Waals surface area contributed by atoms with Crippen LogP contribution in [0.4, 0.5) is 0 Å². The Balaban J connectivity index is 1.55. The lowest BCUT2D eigenvalue weighted by Crippen LogP contribution is -2.32. The lowest BCUT2D eigenvalue weighted by molar-refractivity contribution is -0.129. The van der Waals surface area contributed by atoms with Gasteiger partial charge in [0.2, 0.25) is 5.91 Å². The van der Waals surface area contributed by atoms with E-state index in [4.69, 9.17) is 0 Å². The van der Waals surface area contributed by atoms with Crippen molar-refractivity contribution in [3.8, 4) is 0 Å². The van der Waals surface area contributed by atoms with E-state index in [1.807, 2.05) is 17.9 Å². The van der Waals surface area contributed by atoms with Gasteiger partial charge in [-0.05, 0) is 38.0 Å². The maximum Gasteiger partial charge on any atom is 0.251 e. The molecular weight excluding hydrogens is 280 g/mol. The molecule has 2 amide bonds. The molecule has 0 aliphatic carbocycles. The van der Waals surface area contributed by atoms with Crippen LogP contribution in [0.25, 0.3) is 11.0 Å². The molecule has 6 heteroatoms. The van der Waals surface area contributed by atoms with Crippen molar-refractivity contribution in [2.75, 3.05) is 19.6 Å². The molecule has 1 aliphatic heterocycles. The first-order valence-corrected chi connectivity index (χ1v) is 7.66. The van der Waals surface area contributed by atoms with Gasteiger partial charge in [0.05, 0.1) is 11.0 Å². The van der Waals surface area contributed by atoms with Crippen LogP contribution >= 0.6 is 0 Å². The van der Waals surface area contributed by atoms with Crippen molar-refractivity contribution in [3.05, 3.63) is 29.6 Å². The third-order valence-electron chi connectivity index (χ3n) is 3.95. The number of nitrogens with zero attached hydrogens (tertiary/aromatic N) is 2. The number of amides is 2. The summed E-state index contributed by atoms with van der Waals surface area (Å²) >= 11 is 0. The Kier molecular flexibility index (Phi) is 4.09. The summed E-state index contributed by atoms with van der Waals surface area (Å²) in [6.07, 6.45) is 2.53. The molecule has 6 nitrogen and oxygen atoms in total. The number of nitrogens with one attached hydrogen (secondary N) is 2. The van der Waals surface area contributed by atoms with Gasteiger partial charge in [-0.3, -0.25) is 9.59 Å². The van der Waals surface area contributed by atoms with Gasteiger partial charge in [-0.15, -0.1) is 0 Å². The highest BCUT2D eigenvalue weighted by atomic mass is 16.2. The number of aromatic nitrogens is 2. The lowest BCUT2D eigenvalue weighted by atomic mass is 10.2. The summed E-state index contributed by atoms with van der Waals surface area (Å²) < 4.78 is 0. The second kappa shape index (κ2) is 6.17. The zero-order valence-corrected chi connectivity index (χ0v) is 12.7. The quantitative estimate of drug-likeness (QED) is 0.900. The molecule has 0 spiro atoms. The average molecular weight is 300 g/mol. The number of rotatable bonds is 4. The van der Waals surface area contributed by atoms with Crippen molar-refractivity contribution in [1.82, 2.24) is 20.2 Å². The summed E-state index contributed by atoms with van der Waals surface area (Å²) in [7, 11) is 0. The molecule has 2 aromatic rings. The van der Waals surface area contributed by atoms with Crippen LogP contribution in [0.3, 0.4) is 0 Å². The van der Waals surface area contributed by atoms with Gasteiger partial charge in [-0.2, -0.15) is 0 Å². The SMILES string of the molecule is Cc1nc2ccc(C(=O)NCCC(=O)N3CCCC3)cc2[nH]1. The molecule has 3 rings (SSSR count). The molecule has 1 fully saturated rings. The van der Waals surface area contributed by atoms with E-state index in [1.165, 1.54) is 0 Å². The minimum Gasteiger partial charge on any atom is -0.352 e. The summed E-state index contributed by atoms with van der Waals surface area (Å²) in [6, 6.07) is 5.36.